The molecule has 0 fully saturated rings. The first-order valence-electron chi connectivity index (χ1n) is 8.77. The van der Waals surface area contributed by atoms with E-state index >= 15 is 0 Å². The quantitative estimate of drug-likeness (QED) is 0.598. The zero-order valence-corrected chi connectivity index (χ0v) is 16.6. The van der Waals surface area contributed by atoms with Gasteiger partial charge in [0, 0.05) is 28.8 Å². The van der Waals surface area contributed by atoms with Crippen molar-refractivity contribution in [3.05, 3.63) is 70.4 Å². The fraction of sp³-hybridized carbons (Fsp3) is 0.143. The van der Waals surface area contributed by atoms with Crippen LogP contribution in [0.2, 0.25) is 0 Å². The zero-order valence-electron chi connectivity index (χ0n) is 15.8. The van der Waals surface area contributed by atoms with Crippen molar-refractivity contribution < 1.29 is 23.5 Å². The van der Waals surface area contributed by atoms with Crippen LogP contribution in [0.25, 0.3) is 5.57 Å². The molecule has 0 spiro atoms. The van der Waals surface area contributed by atoms with Gasteiger partial charge < -0.3 is 19.2 Å². The molecular formula is C21H18N2O5S. The minimum atomic E-state index is -0.420. The van der Waals surface area contributed by atoms with Crippen molar-refractivity contribution >= 4 is 34.4 Å². The van der Waals surface area contributed by atoms with Gasteiger partial charge in [-0.1, -0.05) is 6.07 Å². The molecule has 3 aromatic rings. The number of nitrogens with one attached hydrogen (secondary N) is 1. The highest BCUT2D eigenvalue weighted by atomic mass is 32.1. The molecule has 1 N–H and O–H groups in total. The summed E-state index contributed by atoms with van der Waals surface area (Å²) >= 11 is 1.40. The van der Waals surface area contributed by atoms with Gasteiger partial charge in [0.25, 0.3) is 11.8 Å². The summed E-state index contributed by atoms with van der Waals surface area (Å²) < 4.78 is 15.9. The first-order chi connectivity index (χ1) is 14.1. The second-order valence-corrected chi connectivity index (χ2v) is 7.18. The fourth-order valence-corrected chi connectivity index (χ4v) is 3.84. The molecule has 0 aliphatic carbocycles. The zero-order chi connectivity index (χ0) is 20.4. The molecular weight excluding hydrogens is 392 g/mol. The van der Waals surface area contributed by atoms with Gasteiger partial charge in [-0.3, -0.25) is 14.5 Å². The van der Waals surface area contributed by atoms with Gasteiger partial charge in [-0.2, -0.15) is 0 Å². The molecule has 29 heavy (non-hydrogen) atoms. The average Bonchev–Trinajstić information content (AvgIpc) is 3.48. The van der Waals surface area contributed by atoms with Gasteiger partial charge in [0.05, 0.1) is 32.6 Å². The van der Waals surface area contributed by atoms with Crippen LogP contribution in [-0.2, 0) is 16.1 Å². The number of thiophene rings is 1. The number of ether oxygens (including phenoxy) is 2. The van der Waals surface area contributed by atoms with Crippen molar-refractivity contribution in [3.8, 4) is 11.5 Å². The molecule has 0 saturated carbocycles. The Morgan fingerprint density at radius 2 is 1.79 bits per heavy atom. The van der Waals surface area contributed by atoms with Crippen LogP contribution in [0, 0.1) is 0 Å². The van der Waals surface area contributed by atoms with E-state index in [-0.39, 0.29) is 18.1 Å². The van der Waals surface area contributed by atoms with Gasteiger partial charge in [0.2, 0.25) is 0 Å². The van der Waals surface area contributed by atoms with Gasteiger partial charge in [-0.05, 0) is 23.6 Å². The number of imide groups is 1. The Labute approximate surface area is 171 Å². The average molecular weight is 410 g/mol. The Bertz CT molecular complexity index is 1050. The summed E-state index contributed by atoms with van der Waals surface area (Å²) in [5.41, 5.74) is 1.11. The van der Waals surface area contributed by atoms with E-state index in [1.165, 1.54) is 22.5 Å². The Kier molecular flexibility index (Phi) is 5.09. The van der Waals surface area contributed by atoms with Crippen molar-refractivity contribution in [2.75, 3.05) is 19.5 Å². The van der Waals surface area contributed by atoms with Crippen molar-refractivity contribution in [2.45, 2.75) is 6.54 Å². The second kappa shape index (κ2) is 7.84. The Hall–Kier alpha value is -3.52. The van der Waals surface area contributed by atoms with Crippen molar-refractivity contribution in [1.82, 2.24) is 4.90 Å². The monoisotopic (exact) mass is 410 g/mol. The van der Waals surface area contributed by atoms with Crippen LogP contribution in [-0.4, -0.2) is 30.9 Å². The molecule has 0 atom stereocenters. The normalized spacial score (nSPS) is 13.9. The highest BCUT2D eigenvalue weighted by Crippen LogP contribution is 2.35. The smallest absolute Gasteiger partial charge is 0.278 e. The number of anilines is 1. The van der Waals surface area contributed by atoms with Crippen LogP contribution in [0.1, 0.15) is 10.6 Å². The lowest BCUT2D eigenvalue weighted by atomic mass is 10.2. The minimum Gasteiger partial charge on any atom is -0.497 e. The molecule has 148 valence electrons. The maximum atomic E-state index is 13.1. The molecule has 3 heterocycles. The van der Waals surface area contributed by atoms with E-state index in [1.807, 2.05) is 17.5 Å². The van der Waals surface area contributed by atoms with E-state index in [0.717, 1.165) is 0 Å². The van der Waals surface area contributed by atoms with Crippen LogP contribution in [0.4, 0.5) is 5.69 Å². The molecule has 4 rings (SSSR count). The first kappa shape index (κ1) is 18.8. The summed E-state index contributed by atoms with van der Waals surface area (Å²) in [5, 5.41) is 4.96. The lowest BCUT2D eigenvalue weighted by molar-refractivity contribution is -0.137. The van der Waals surface area contributed by atoms with Crippen LogP contribution in [0.15, 0.2) is 64.2 Å². The minimum absolute atomic E-state index is 0.0617. The van der Waals surface area contributed by atoms with Gasteiger partial charge >= 0.3 is 0 Å². The Morgan fingerprint density at radius 3 is 2.38 bits per heavy atom. The van der Waals surface area contributed by atoms with Gasteiger partial charge in [0.1, 0.15) is 23.0 Å². The number of amides is 2. The number of benzene rings is 1. The van der Waals surface area contributed by atoms with Gasteiger partial charge in [-0.15, -0.1) is 11.3 Å². The number of hydrogen-bond acceptors (Lipinski definition) is 7. The van der Waals surface area contributed by atoms with Crippen molar-refractivity contribution in [2.24, 2.45) is 0 Å². The fourth-order valence-electron chi connectivity index (χ4n) is 3.07. The molecule has 8 heteroatoms. The SMILES string of the molecule is COc1cc(NC2=C(c3cccs3)C(=O)N(Cc3ccco3)C2=O)cc(OC)c1. The first-order valence-corrected chi connectivity index (χ1v) is 9.65. The number of methoxy groups -OCH3 is 2. The highest BCUT2D eigenvalue weighted by Gasteiger charge is 2.40. The molecule has 1 aromatic carbocycles. The van der Waals surface area contributed by atoms with Crippen LogP contribution in [0.5, 0.6) is 11.5 Å². The van der Waals surface area contributed by atoms with Gasteiger partial charge in [0.15, 0.2) is 0 Å². The summed E-state index contributed by atoms with van der Waals surface area (Å²) in [5.74, 6) is 0.869. The van der Waals surface area contributed by atoms with Crippen LogP contribution < -0.4 is 14.8 Å². The molecule has 0 unspecified atom stereocenters. The molecule has 7 nitrogen and oxygen atoms in total. The van der Waals surface area contributed by atoms with Gasteiger partial charge in [-0.25, -0.2) is 0 Å². The Balaban J connectivity index is 1.73. The third-order valence-electron chi connectivity index (χ3n) is 4.45. The second-order valence-electron chi connectivity index (χ2n) is 6.23. The number of hydrogen-bond donors (Lipinski definition) is 1. The molecule has 0 bridgehead atoms. The van der Waals surface area contributed by atoms with E-state index < -0.39 is 5.91 Å². The molecule has 1 aliphatic rings. The maximum Gasteiger partial charge on any atom is 0.278 e. The summed E-state index contributed by atoms with van der Waals surface area (Å²) in [6.07, 6.45) is 1.51. The third-order valence-corrected chi connectivity index (χ3v) is 5.34. The van der Waals surface area contributed by atoms with Crippen molar-refractivity contribution in [1.29, 1.82) is 0 Å². The van der Waals surface area contributed by atoms with E-state index in [1.54, 1.807) is 44.6 Å². The summed E-state index contributed by atoms with van der Waals surface area (Å²) in [6.45, 7) is 0.0617. The Morgan fingerprint density at radius 1 is 1.03 bits per heavy atom. The number of carbonyl (C=O) groups excluding carboxylic acids is 2. The van der Waals surface area contributed by atoms with E-state index in [4.69, 9.17) is 13.9 Å². The van der Waals surface area contributed by atoms with E-state index in [0.29, 0.717) is 33.4 Å². The topological polar surface area (TPSA) is 81.0 Å². The number of furan rings is 1. The summed E-state index contributed by atoms with van der Waals surface area (Å²) in [7, 11) is 3.09. The number of nitrogens with zero attached hydrogens (tertiary/aromatic N) is 1. The highest BCUT2D eigenvalue weighted by molar-refractivity contribution is 7.11. The van der Waals surface area contributed by atoms with Crippen molar-refractivity contribution in [3.63, 3.8) is 0 Å². The summed E-state index contributed by atoms with van der Waals surface area (Å²) in [6, 6.07) is 12.3. The van der Waals surface area contributed by atoms with Crippen LogP contribution in [0.3, 0.4) is 0 Å². The largest absolute Gasteiger partial charge is 0.497 e. The number of rotatable bonds is 7. The predicted octanol–water partition coefficient (Wildman–Crippen LogP) is 3.75. The third kappa shape index (κ3) is 3.62. The maximum absolute atomic E-state index is 13.1. The molecule has 2 amide bonds. The van der Waals surface area contributed by atoms with E-state index in [9.17, 15) is 9.59 Å². The predicted molar refractivity (Wildman–Crippen MR) is 109 cm³/mol. The lowest BCUT2D eigenvalue weighted by Crippen LogP contribution is -2.31. The molecule has 1 aliphatic heterocycles. The number of carbonyl (C=O) groups is 2. The van der Waals surface area contributed by atoms with Crippen LogP contribution >= 0.6 is 11.3 Å². The molecule has 2 aromatic heterocycles. The standard InChI is InChI=1S/C21H18N2O5S/c1-26-15-9-13(10-16(11-15)27-2)22-19-18(17-6-4-8-29-17)20(24)23(21(19)25)12-14-5-3-7-28-14/h3-11,22H,12H2,1-2H3. The lowest BCUT2D eigenvalue weighted by Gasteiger charge is -2.14. The summed E-state index contributed by atoms with van der Waals surface area (Å²) in [4.78, 5) is 28.1. The van der Waals surface area contributed by atoms with E-state index in [2.05, 4.69) is 5.32 Å². The molecule has 0 saturated heterocycles. The molecule has 0 radical (unpaired) electrons.